The minimum absolute atomic E-state index is 0.176. The predicted octanol–water partition coefficient (Wildman–Crippen LogP) is 3.55. The van der Waals surface area contributed by atoms with Gasteiger partial charge in [-0.1, -0.05) is 6.07 Å². The number of aromatic amines is 1. The van der Waals surface area contributed by atoms with E-state index in [1.165, 1.54) is 11.6 Å². The van der Waals surface area contributed by atoms with Gasteiger partial charge < -0.3 is 15.6 Å². The van der Waals surface area contributed by atoms with Crippen molar-refractivity contribution in [3.63, 3.8) is 0 Å². The molecule has 0 radical (unpaired) electrons. The molecule has 1 aliphatic rings. The van der Waals surface area contributed by atoms with E-state index >= 15 is 0 Å². The highest BCUT2D eigenvalue weighted by atomic mass is 19.1. The highest BCUT2D eigenvalue weighted by Crippen LogP contribution is 2.22. The summed E-state index contributed by atoms with van der Waals surface area (Å²) < 4.78 is 13.4. The molecule has 2 heterocycles. The van der Waals surface area contributed by atoms with Gasteiger partial charge in [-0.05, 0) is 67.8 Å². The fraction of sp³-hybridized carbons (Fsp3) is 0.348. The third kappa shape index (κ3) is 4.59. The number of aromatic nitrogens is 1. The molecule has 3 aromatic rings. The first-order chi connectivity index (χ1) is 14.1. The predicted molar refractivity (Wildman–Crippen MR) is 115 cm³/mol. The van der Waals surface area contributed by atoms with Gasteiger partial charge in [0, 0.05) is 54.5 Å². The van der Waals surface area contributed by atoms with Crippen molar-refractivity contribution in [1.82, 2.24) is 9.88 Å². The normalized spacial score (nSPS) is 15.1. The van der Waals surface area contributed by atoms with Crippen molar-refractivity contribution in [1.29, 1.82) is 0 Å². The van der Waals surface area contributed by atoms with Gasteiger partial charge in [-0.3, -0.25) is 9.69 Å². The van der Waals surface area contributed by atoms with Gasteiger partial charge in [-0.25, -0.2) is 4.39 Å². The smallest absolute Gasteiger partial charge is 0.248 e. The molecule has 1 aromatic heterocycles. The van der Waals surface area contributed by atoms with Crippen LogP contribution in [0, 0.1) is 5.82 Å². The molecule has 3 N–H and O–H groups in total. The van der Waals surface area contributed by atoms with E-state index in [1.807, 2.05) is 24.4 Å². The maximum absolute atomic E-state index is 13.4. The lowest BCUT2D eigenvalue weighted by Gasteiger charge is -2.36. The molecule has 0 unspecified atom stereocenters. The van der Waals surface area contributed by atoms with Crippen molar-refractivity contribution in [2.75, 3.05) is 37.6 Å². The Hall–Kier alpha value is -2.86. The Kier molecular flexibility index (Phi) is 5.81. The quantitative estimate of drug-likeness (QED) is 0.603. The van der Waals surface area contributed by atoms with E-state index in [-0.39, 0.29) is 5.82 Å². The maximum atomic E-state index is 13.4. The number of carbonyl (C=O) groups is 1. The number of benzene rings is 2. The molecule has 1 amide bonds. The Balaban J connectivity index is 1.24. The van der Waals surface area contributed by atoms with Crippen LogP contribution in [-0.2, 0) is 6.42 Å². The second-order valence-electron chi connectivity index (χ2n) is 7.70. The van der Waals surface area contributed by atoms with Crippen LogP contribution < -0.4 is 10.6 Å². The number of hydrogen-bond donors (Lipinski definition) is 2. The minimum atomic E-state index is -0.392. The average molecular weight is 394 g/mol. The lowest BCUT2D eigenvalue weighted by molar-refractivity contribution is 0.100. The first-order valence-corrected chi connectivity index (χ1v) is 10.2. The molecular weight excluding hydrogens is 367 g/mol. The summed E-state index contributed by atoms with van der Waals surface area (Å²) in [6.45, 7) is 4.95. The number of nitrogens with two attached hydrogens (primary N) is 1. The lowest BCUT2D eigenvalue weighted by Crippen LogP contribution is -2.46. The number of amides is 1. The van der Waals surface area contributed by atoms with Crippen molar-refractivity contribution in [2.45, 2.75) is 19.3 Å². The highest BCUT2D eigenvalue weighted by Gasteiger charge is 2.17. The topological polar surface area (TPSA) is 65.4 Å². The molecule has 2 aromatic carbocycles. The fourth-order valence-electron chi connectivity index (χ4n) is 4.09. The van der Waals surface area contributed by atoms with Crippen LogP contribution in [-0.4, -0.2) is 48.5 Å². The van der Waals surface area contributed by atoms with Crippen LogP contribution in [0.1, 0.15) is 28.8 Å². The van der Waals surface area contributed by atoms with Crippen LogP contribution in [0.5, 0.6) is 0 Å². The van der Waals surface area contributed by atoms with Crippen LogP contribution in [0.25, 0.3) is 10.9 Å². The zero-order valence-electron chi connectivity index (χ0n) is 16.5. The van der Waals surface area contributed by atoms with Crippen LogP contribution in [0.4, 0.5) is 10.1 Å². The molecule has 6 heteroatoms. The summed E-state index contributed by atoms with van der Waals surface area (Å²) in [7, 11) is 0. The molecule has 0 spiro atoms. The summed E-state index contributed by atoms with van der Waals surface area (Å²) in [5.74, 6) is -0.568. The summed E-state index contributed by atoms with van der Waals surface area (Å²) in [4.78, 5) is 19.4. The van der Waals surface area contributed by atoms with Gasteiger partial charge in [-0.2, -0.15) is 0 Å². The number of hydrogen-bond acceptors (Lipinski definition) is 3. The number of primary amides is 1. The van der Waals surface area contributed by atoms with Crippen LogP contribution in [0.3, 0.4) is 0 Å². The first kappa shape index (κ1) is 19.5. The van der Waals surface area contributed by atoms with Crippen molar-refractivity contribution in [3.05, 3.63) is 65.6 Å². The molecule has 4 rings (SSSR count). The number of halogens is 1. The zero-order valence-corrected chi connectivity index (χ0v) is 16.5. The molecule has 0 aliphatic carbocycles. The number of anilines is 1. The first-order valence-electron chi connectivity index (χ1n) is 10.2. The van der Waals surface area contributed by atoms with Crippen molar-refractivity contribution < 1.29 is 9.18 Å². The molecule has 0 saturated carbocycles. The SMILES string of the molecule is NC(=O)c1ccc2[nH]cc(CCCCN3CCN(c4cccc(F)c4)CC3)c2c1. The lowest BCUT2D eigenvalue weighted by atomic mass is 10.0. The second kappa shape index (κ2) is 8.66. The van der Waals surface area contributed by atoms with E-state index < -0.39 is 5.91 Å². The average Bonchev–Trinajstić information content (AvgIpc) is 3.14. The number of aryl methyl sites for hydroxylation is 1. The third-order valence-electron chi connectivity index (χ3n) is 5.77. The third-order valence-corrected chi connectivity index (χ3v) is 5.77. The molecule has 152 valence electrons. The summed E-state index contributed by atoms with van der Waals surface area (Å²) in [6.07, 6.45) is 5.23. The largest absolute Gasteiger partial charge is 0.369 e. The highest BCUT2D eigenvalue weighted by molar-refractivity contribution is 5.97. The number of unbranched alkanes of at least 4 members (excludes halogenated alkanes) is 1. The van der Waals surface area contributed by atoms with Crippen molar-refractivity contribution in [2.24, 2.45) is 5.73 Å². The van der Waals surface area contributed by atoms with Gasteiger partial charge in [0.25, 0.3) is 0 Å². The van der Waals surface area contributed by atoms with Gasteiger partial charge in [0.2, 0.25) is 5.91 Å². The number of nitrogens with one attached hydrogen (secondary N) is 1. The Bertz CT molecular complexity index is 991. The zero-order chi connectivity index (χ0) is 20.2. The van der Waals surface area contributed by atoms with E-state index in [1.54, 1.807) is 18.2 Å². The van der Waals surface area contributed by atoms with E-state index in [4.69, 9.17) is 5.73 Å². The molecule has 1 saturated heterocycles. The van der Waals surface area contributed by atoms with Crippen LogP contribution in [0.2, 0.25) is 0 Å². The fourth-order valence-corrected chi connectivity index (χ4v) is 4.09. The van der Waals surface area contributed by atoms with E-state index in [0.717, 1.165) is 68.6 Å². The molecule has 1 aliphatic heterocycles. The van der Waals surface area contributed by atoms with Gasteiger partial charge in [0.05, 0.1) is 0 Å². The Morgan fingerprint density at radius 3 is 2.66 bits per heavy atom. The Labute approximate surface area is 170 Å². The van der Waals surface area contributed by atoms with E-state index in [2.05, 4.69) is 14.8 Å². The molecule has 1 fully saturated rings. The summed E-state index contributed by atoms with van der Waals surface area (Å²) in [5, 5.41) is 1.09. The molecular formula is C23H27FN4O. The van der Waals surface area contributed by atoms with Gasteiger partial charge in [0.1, 0.15) is 5.82 Å². The Morgan fingerprint density at radius 2 is 1.90 bits per heavy atom. The summed E-state index contributed by atoms with van der Waals surface area (Å²) in [6, 6.07) is 12.4. The number of fused-ring (bicyclic) bond motifs is 1. The number of carbonyl (C=O) groups excluding carboxylic acids is 1. The van der Waals surface area contributed by atoms with E-state index in [9.17, 15) is 9.18 Å². The van der Waals surface area contributed by atoms with Crippen LogP contribution in [0.15, 0.2) is 48.7 Å². The van der Waals surface area contributed by atoms with Gasteiger partial charge in [-0.15, -0.1) is 0 Å². The Morgan fingerprint density at radius 1 is 1.07 bits per heavy atom. The molecule has 29 heavy (non-hydrogen) atoms. The second-order valence-corrected chi connectivity index (χ2v) is 7.70. The monoisotopic (exact) mass is 394 g/mol. The van der Waals surface area contributed by atoms with Gasteiger partial charge in [0.15, 0.2) is 0 Å². The van der Waals surface area contributed by atoms with Crippen molar-refractivity contribution in [3.8, 4) is 0 Å². The molecule has 5 nitrogen and oxygen atoms in total. The van der Waals surface area contributed by atoms with Crippen LogP contribution >= 0.6 is 0 Å². The number of rotatable bonds is 7. The standard InChI is InChI=1S/C23H27FN4O/c24-19-5-3-6-20(15-19)28-12-10-27(11-13-28)9-2-1-4-18-16-26-22-8-7-17(23(25)29)14-21(18)22/h3,5-8,14-16,26H,1-2,4,9-13H2,(H2,25,29). The minimum Gasteiger partial charge on any atom is -0.369 e. The van der Waals surface area contributed by atoms with Crippen molar-refractivity contribution >= 4 is 22.5 Å². The number of H-pyrrole nitrogens is 1. The summed E-state index contributed by atoms with van der Waals surface area (Å²) in [5.41, 5.74) is 9.20. The number of piperazine rings is 1. The van der Waals surface area contributed by atoms with E-state index in [0.29, 0.717) is 5.56 Å². The summed E-state index contributed by atoms with van der Waals surface area (Å²) >= 11 is 0. The van der Waals surface area contributed by atoms with Gasteiger partial charge >= 0.3 is 0 Å². The molecule has 0 bridgehead atoms. The maximum Gasteiger partial charge on any atom is 0.248 e. The number of nitrogens with zero attached hydrogens (tertiary/aromatic N) is 2. The molecule has 0 atom stereocenters.